The van der Waals surface area contributed by atoms with Gasteiger partial charge in [0.1, 0.15) is 6.33 Å². The molecule has 26 heavy (non-hydrogen) atoms. The standard InChI is InChI=1S/C19H27N5O2/c25-15-19(10-4-8-17-6-2-1-3-7-17)11-5-12-23(14-19)18(26)9-13-24-16-20-21-22-24/h1-3,6-7,16,25H,4-5,8-15H2. The van der Waals surface area contributed by atoms with Gasteiger partial charge in [-0.3, -0.25) is 4.79 Å². The van der Waals surface area contributed by atoms with E-state index in [0.717, 1.165) is 38.6 Å². The second-order valence-corrected chi connectivity index (χ2v) is 7.24. The van der Waals surface area contributed by atoms with Crippen LogP contribution in [-0.4, -0.2) is 55.8 Å². The van der Waals surface area contributed by atoms with E-state index in [1.165, 1.54) is 11.9 Å². The number of hydrogen-bond acceptors (Lipinski definition) is 5. The zero-order chi connectivity index (χ0) is 18.2. The molecule has 2 aromatic rings. The molecule has 0 bridgehead atoms. The summed E-state index contributed by atoms with van der Waals surface area (Å²) >= 11 is 0. The number of carbonyl (C=O) groups is 1. The fraction of sp³-hybridized carbons (Fsp3) is 0.579. The van der Waals surface area contributed by atoms with Gasteiger partial charge in [-0.05, 0) is 48.1 Å². The maximum atomic E-state index is 12.6. The Balaban J connectivity index is 1.51. The first-order chi connectivity index (χ1) is 12.7. The molecule has 1 aromatic carbocycles. The number of aliphatic hydroxyl groups is 1. The van der Waals surface area contributed by atoms with Crippen molar-refractivity contribution in [2.45, 2.75) is 45.1 Å². The number of amides is 1. The lowest BCUT2D eigenvalue weighted by molar-refractivity contribution is -0.136. The van der Waals surface area contributed by atoms with Gasteiger partial charge in [0.15, 0.2) is 0 Å². The molecule has 1 unspecified atom stereocenters. The number of tetrazole rings is 1. The molecule has 1 N–H and O–H groups in total. The summed E-state index contributed by atoms with van der Waals surface area (Å²) in [6.07, 6.45) is 6.81. The van der Waals surface area contributed by atoms with Crippen molar-refractivity contribution >= 4 is 5.91 Å². The van der Waals surface area contributed by atoms with Crippen molar-refractivity contribution in [1.29, 1.82) is 0 Å². The predicted octanol–water partition coefficient (Wildman–Crippen LogP) is 1.69. The van der Waals surface area contributed by atoms with E-state index in [9.17, 15) is 9.90 Å². The number of hydrogen-bond donors (Lipinski definition) is 1. The molecule has 1 aromatic heterocycles. The third-order valence-corrected chi connectivity index (χ3v) is 5.31. The Morgan fingerprint density at radius 3 is 2.85 bits per heavy atom. The van der Waals surface area contributed by atoms with Crippen LogP contribution in [-0.2, 0) is 17.8 Å². The summed E-state index contributed by atoms with van der Waals surface area (Å²) in [4.78, 5) is 14.5. The van der Waals surface area contributed by atoms with Crippen LogP contribution in [0.5, 0.6) is 0 Å². The molecule has 140 valence electrons. The third kappa shape index (κ3) is 4.88. The molecule has 0 saturated carbocycles. The van der Waals surface area contributed by atoms with Gasteiger partial charge in [-0.2, -0.15) is 0 Å². The van der Waals surface area contributed by atoms with Gasteiger partial charge in [0, 0.05) is 24.9 Å². The average molecular weight is 357 g/mol. The van der Waals surface area contributed by atoms with Crippen LogP contribution in [0, 0.1) is 5.41 Å². The summed E-state index contributed by atoms with van der Waals surface area (Å²) in [5.74, 6) is 0.112. The summed E-state index contributed by atoms with van der Waals surface area (Å²) in [7, 11) is 0. The molecule has 3 rings (SSSR count). The summed E-state index contributed by atoms with van der Waals surface area (Å²) in [5.41, 5.74) is 1.16. The Hall–Kier alpha value is -2.28. The van der Waals surface area contributed by atoms with E-state index in [4.69, 9.17) is 0 Å². The number of aromatic nitrogens is 4. The molecular formula is C19H27N5O2. The topological polar surface area (TPSA) is 84.1 Å². The lowest BCUT2D eigenvalue weighted by atomic mass is 9.76. The fourth-order valence-corrected chi connectivity index (χ4v) is 3.80. The van der Waals surface area contributed by atoms with Gasteiger partial charge < -0.3 is 10.0 Å². The maximum Gasteiger partial charge on any atom is 0.224 e. The van der Waals surface area contributed by atoms with E-state index < -0.39 is 0 Å². The third-order valence-electron chi connectivity index (χ3n) is 5.31. The van der Waals surface area contributed by atoms with E-state index in [-0.39, 0.29) is 17.9 Å². The van der Waals surface area contributed by atoms with Crippen LogP contribution in [0.3, 0.4) is 0 Å². The first-order valence-electron chi connectivity index (χ1n) is 9.34. The number of rotatable bonds is 8. The number of carbonyl (C=O) groups excluding carboxylic acids is 1. The highest BCUT2D eigenvalue weighted by molar-refractivity contribution is 5.76. The van der Waals surface area contributed by atoms with Crippen molar-refractivity contribution < 1.29 is 9.90 Å². The van der Waals surface area contributed by atoms with E-state index in [1.807, 2.05) is 11.0 Å². The van der Waals surface area contributed by atoms with E-state index in [1.54, 1.807) is 4.68 Å². The Morgan fingerprint density at radius 1 is 1.27 bits per heavy atom. The lowest BCUT2D eigenvalue weighted by Gasteiger charge is -2.42. The van der Waals surface area contributed by atoms with Gasteiger partial charge in [0.2, 0.25) is 5.91 Å². The molecule has 1 amide bonds. The van der Waals surface area contributed by atoms with Crippen LogP contribution < -0.4 is 0 Å². The molecule has 0 spiro atoms. The van der Waals surface area contributed by atoms with E-state index in [2.05, 4.69) is 39.8 Å². The summed E-state index contributed by atoms with van der Waals surface area (Å²) < 4.78 is 1.57. The van der Waals surface area contributed by atoms with Crippen molar-refractivity contribution in [3.05, 3.63) is 42.2 Å². The molecule has 0 radical (unpaired) electrons. The molecule has 1 aliphatic rings. The Labute approximate surface area is 154 Å². The van der Waals surface area contributed by atoms with Gasteiger partial charge in [0.05, 0.1) is 13.2 Å². The zero-order valence-corrected chi connectivity index (χ0v) is 15.1. The highest BCUT2D eigenvalue weighted by atomic mass is 16.3. The number of aryl methyl sites for hydroxylation is 2. The van der Waals surface area contributed by atoms with Crippen LogP contribution in [0.25, 0.3) is 0 Å². The van der Waals surface area contributed by atoms with Crippen molar-refractivity contribution in [2.24, 2.45) is 5.41 Å². The Morgan fingerprint density at radius 2 is 2.12 bits per heavy atom. The smallest absolute Gasteiger partial charge is 0.224 e. The van der Waals surface area contributed by atoms with Crippen LogP contribution in [0.15, 0.2) is 36.7 Å². The lowest BCUT2D eigenvalue weighted by Crippen LogP contribution is -2.48. The van der Waals surface area contributed by atoms with Gasteiger partial charge in [-0.25, -0.2) is 4.68 Å². The monoisotopic (exact) mass is 357 g/mol. The van der Waals surface area contributed by atoms with Gasteiger partial charge in [-0.15, -0.1) is 5.10 Å². The second kappa shape index (κ2) is 8.89. The van der Waals surface area contributed by atoms with E-state index >= 15 is 0 Å². The van der Waals surface area contributed by atoms with Gasteiger partial charge in [-0.1, -0.05) is 30.3 Å². The van der Waals surface area contributed by atoms with Crippen LogP contribution in [0.2, 0.25) is 0 Å². The molecule has 0 aliphatic carbocycles. The molecule has 1 aliphatic heterocycles. The Bertz CT molecular complexity index is 677. The first-order valence-corrected chi connectivity index (χ1v) is 9.34. The minimum Gasteiger partial charge on any atom is -0.396 e. The van der Waals surface area contributed by atoms with Gasteiger partial charge >= 0.3 is 0 Å². The first kappa shape index (κ1) is 18.5. The molecule has 7 heteroatoms. The fourth-order valence-electron chi connectivity index (χ4n) is 3.80. The highest BCUT2D eigenvalue weighted by Crippen LogP contribution is 2.35. The van der Waals surface area contributed by atoms with Crippen molar-refractivity contribution in [2.75, 3.05) is 19.7 Å². The van der Waals surface area contributed by atoms with Crippen molar-refractivity contribution in [1.82, 2.24) is 25.1 Å². The van der Waals surface area contributed by atoms with E-state index in [0.29, 0.717) is 19.5 Å². The maximum absolute atomic E-state index is 12.6. The van der Waals surface area contributed by atoms with Crippen LogP contribution >= 0.6 is 0 Å². The quantitative estimate of drug-likeness (QED) is 0.777. The number of benzene rings is 1. The molecule has 2 heterocycles. The predicted molar refractivity (Wildman–Crippen MR) is 97.1 cm³/mol. The largest absolute Gasteiger partial charge is 0.396 e. The number of aliphatic hydroxyl groups excluding tert-OH is 1. The Kier molecular flexibility index (Phi) is 6.33. The molecular weight excluding hydrogens is 330 g/mol. The summed E-state index contributed by atoms with van der Waals surface area (Å²) in [5, 5.41) is 21.0. The molecule has 1 saturated heterocycles. The van der Waals surface area contributed by atoms with Crippen LogP contribution in [0.4, 0.5) is 0 Å². The molecule has 1 fully saturated rings. The number of nitrogens with zero attached hydrogens (tertiary/aromatic N) is 5. The van der Waals surface area contributed by atoms with Crippen molar-refractivity contribution in [3.8, 4) is 0 Å². The SMILES string of the molecule is O=C(CCn1cnnn1)N1CCCC(CO)(CCCc2ccccc2)C1. The summed E-state index contributed by atoms with van der Waals surface area (Å²) in [6, 6.07) is 10.4. The molecule has 7 nitrogen and oxygen atoms in total. The second-order valence-electron chi connectivity index (χ2n) is 7.24. The number of likely N-dealkylation sites (tertiary alicyclic amines) is 1. The minimum absolute atomic E-state index is 0.112. The highest BCUT2D eigenvalue weighted by Gasteiger charge is 2.36. The normalized spacial score (nSPS) is 20.3. The summed E-state index contributed by atoms with van der Waals surface area (Å²) in [6.45, 7) is 2.04. The minimum atomic E-state index is -0.169. The van der Waals surface area contributed by atoms with Gasteiger partial charge in [0.25, 0.3) is 0 Å². The van der Waals surface area contributed by atoms with Crippen molar-refractivity contribution in [3.63, 3.8) is 0 Å². The average Bonchev–Trinajstić information content (AvgIpc) is 3.21. The number of piperidine rings is 1. The zero-order valence-electron chi connectivity index (χ0n) is 15.1. The molecule has 1 atom stereocenters. The van der Waals surface area contributed by atoms with Crippen LogP contribution in [0.1, 0.15) is 37.7 Å².